The summed E-state index contributed by atoms with van der Waals surface area (Å²) in [7, 11) is 1.86. The number of hydrogen-bond donors (Lipinski definition) is 1. The van der Waals surface area contributed by atoms with Gasteiger partial charge in [-0.25, -0.2) is 0 Å². The van der Waals surface area contributed by atoms with Crippen molar-refractivity contribution in [3.63, 3.8) is 0 Å². The van der Waals surface area contributed by atoms with Crippen LogP contribution in [0.1, 0.15) is 11.3 Å². The Morgan fingerprint density at radius 3 is 2.75 bits per heavy atom. The molecule has 0 saturated carbocycles. The zero-order valence-electron chi connectivity index (χ0n) is 11.3. The van der Waals surface area contributed by atoms with E-state index in [0.29, 0.717) is 6.54 Å². The Hall–Kier alpha value is -2.63. The number of aryl methyl sites for hydroxylation is 1. The molecule has 6 heteroatoms. The van der Waals surface area contributed by atoms with Gasteiger partial charge in [0.2, 0.25) is 0 Å². The highest BCUT2D eigenvalue weighted by atomic mass is 15.4. The van der Waals surface area contributed by atoms with Crippen LogP contribution in [0.5, 0.6) is 0 Å². The first-order chi connectivity index (χ1) is 9.79. The van der Waals surface area contributed by atoms with E-state index in [0.717, 1.165) is 17.9 Å². The predicted molar refractivity (Wildman–Crippen MR) is 76.1 cm³/mol. The average molecular weight is 268 g/mol. The Bertz CT molecular complexity index is 670. The molecule has 6 nitrogen and oxygen atoms in total. The Balaban J connectivity index is 1.59. The van der Waals surface area contributed by atoms with Gasteiger partial charge in [-0.05, 0) is 5.56 Å². The summed E-state index contributed by atoms with van der Waals surface area (Å²) in [5.41, 5.74) is 3.12. The third kappa shape index (κ3) is 3.03. The van der Waals surface area contributed by atoms with Gasteiger partial charge in [-0.1, -0.05) is 35.5 Å². The molecule has 3 rings (SSSR count). The Morgan fingerprint density at radius 1 is 1.15 bits per heavy atom. The van der Waals surface area contributed by atoms with E-state index in [1.807, 2.05) is 48.5 Å². The van der Waals surface area contributed by atoms with E-state index < -0.39 is 0 Å². The van der Waals surface area contributed by atoms with Crippen molar-refractivity contribution in [1.82, 2.24) is 24.8 Å². The number of anilines is 1. The van der Waals surface area contributed by atoms with E-state index in [1.54, 1.807) is 4.68 Å². The SMILES string of the molecule is Cn1cc(CNc2cnn(Cc3ccccc3)c2)nn1. The van der Waals surface area contributed by atoms with Crippen molar-refractivity contribution in [2.75, 3.05) is 5.32 Å². The summed E-state index contributed by atoms with van der Waals surface area (Å²) in [5.74, 6) is 0. The van der Waals surface area contributed by atoms with Crippen LogP contribution in [-0.2, 0) is 20.1 Å². The molecule has 2 heterocycles. The van der Waals surface area contributed by atoms with Gasteiger partial charge >= 0.3 is 0 Å². The fraction of sp³-hybridized carbons (Fsp3) is 0.214. The van der Waals surface area contributed by atoms with Crippen LogP contribution in [0.25, 0.3) is 0 Å². The van der Waals surface area contributed by atoms with Gasteiger partial charge in [0.15, 0.2) is 0 Å². The van der Waals surface area contributed by atoms with Crippen LogP contribution in [0, 0.1) is 0 Å². The van der Waals surface area contributed by atoms with Crippen LogP contribution < -0.4 is 5.32 Å². The first-order valence-corrected chi connectivity index (χ1v) is 6.45. The number of hydrogen-bond acceptors (Lipinski definition) is 4. The number of nitrogens with zero attached hydrogens (tertiary/aromatic N) is 5. The Labute approximate surface area is 117 Å². The summed E-state index contributed by atoms with van der Waals surface area (Å²) in [6.45, 7) is 1.42. The Morgan fingerprint density at radius 2 is 2.00 bits per heavy atom. The second-order valence-corrected chi connectivity index (χ2v) is 4.65. The van der Waals surface area contributed by atoms with E-state index in [1.165, 1.54) is 5.56 Å². The van der Waals surface area contributed by atoms with Gasteiger partial charge in [-0.3, -0.25) is 9.36 Å². The Kier molecular flexibility index (Phi) is 3.45. The minimum Gasteiger partial charge on any atom is -0.377 e. The molecule has 0 aliphatic rings. The smallest absolute Gasteiger partial charge is 0.102 e. The number of nitrogens with one attached hydrogen (secondary N) is 1. The van der Waals surface area contributed by atoms with Crippen molar-refractivity contribution >= 4 is 5.69 Å². The molecule has 0 aliphatic heterocycles. The molecule has 3 aromatic rings. The fourth-order valence-electron chi connectivity index (χ4n) is 1.98. The summed E-state index contributed by atoms with van der Waals surface area (Å²) in [4.78, 5) is 0. The minimum atomic E-state index is 0.644. The summed E-state index contributed by atoms with van der Waals surface area (Å²) in [5, 5.41) is 15.5. The normalized spacial score (nSPS) is 10.7. The van der Waals surface area contributed by atoms with Crippen molar-refractivity contribution in [3.05, 3.63) is 60.2 Å². The van der Waals surface area contributed by atoms with E-state index in [4.69, 9.17) is 0 Å². The molecule has 0 atom stereocenters. The number of benzene rings is 1. The van der Waals surface area contributed by atoms with Crippen molar-refractivity contribution in [3.8, 4) is 0 Å². The summed E-state index contributed by atoms with van der Waals surface area (Å²) in [6.07, 6.45) is 5.70. The number of rotatable bonds is 5. The predicted octanol–water partition coefficient (Wildman–Crippen LogP) is 1.67. The summed E-state index contributed by atoms with van der Waals surface area (Å²) < 4.78 is 3.60. The van der Waals surface area contributed by atoms with Gasteiger partial charge in [0.1, 0.15) is 5.69 Å². The molecule has 1 N–H and O–H groups in total. The van der Waals surface area contributed by atoms with Crippen molar-refractivity contribution in [2.24, 2.45) is 7.05 Å². The quantitative estimate of drug-likeness (QED) is 0.764. The standard InChI is InChI=1S/C14H16N6/c1-19-10-14(17-18-19)7-15-13-8-16-20(11-13)9-12-5-3-2-4-6-12/h2-6,8,10-11,15H,7,9H2,1H3. The minimum absolute atomic E-state index is 0.644. The second-order valence-electron chi connectivity index (χ2n) is 4.65. The van der Waals surface area contributed by atoms with Crippen molar-refractivity contribution < 1.29 is 0 Å². The first-order valence-electron chi connectivity index (χ1n) is 6.45. The lowest BCUT2D eigenvalue weighted by molar-refractivity contribution is 0.687. The van der Waals surface area contributed by atoms with Gasteiger partial charge in [0.05, 0.1) is 25.0 Å². The van der Waals surface area contributed by atoms with Gasteiger partial charge in [0, 0.05) is 19.4 Å². The maximum absolute atomic E-state index is 4.34. The maximum atomic E-state index is 4.34. The molecule has 102 valence electrons. The molecule has 0 radical (unpaired) electrons. The summed E-state index contributed by atoms with van der Waals surface area (Å²) in [6, 6.07) is 10.3. The third-order valence-electron chi connectivity index (χ3n) is 2.94. The van der Waals surface area contributed by atoms with E-state index in [2.05, 4.69) is 32.9 Å². The highest BCUT2D eigenvalue weighted by molar-refractivity contribution is 5.38. The molecule has 0 saturated heterocycles. The first kappa shape index (κ1) is 12.4. The lowest BCUT2D eigenvalue weighted by Crippen LogP contribution is -2.00. The van der Waals surface area contributed by atoms with E-state index in [-0.39, 0.29) is 0 Å². The molecule has 0 fully saturated rings. The van der Waals surface area contributed by atoms with E-state index >= 15 is 0 Å². The molecular weight excluding hydrogens is 252 g/mol. The molecule has 2 aromatic heterocycles. The molecule has 0 unspecified atom stereocenters. The zero-order chi connectivity index (χ0) is 13.8. The molecular formula is C14H16N6. The average Bonchev–Trinajstić information content (AvgIpc) is 3.07. The molecule has 20 heavy (non-hydrogen) atoms. The highest BCUT2D eigenvalue weighted by Gasteiger charge is 2.01. The highest BCUT2D eigenvalue weighted by Crippen LogP contribution is 2.09. The lowest BCUT2D eigenvalue weighted by Gasteiger charge is -2.01. The maximum Gasteiger partial charge on any atom is 0.102 e. The zero-order valence-corrected chi connectivity index (χ0v) is 11.3. The van der Waals surface area contributed by atoms with Gasteiger partial charge in [0.25, 0.3) is 0 Å². The van der Waals surface area contributed by atoms with Crippen LogP contribution in [0.2, 0.25) is 0 Å². The summed E-state index contributed by atoms with van der Waals surface area (Å²) >= 11 is 0. The van der Waals surface area contributed by atoms with Gasteiger partial charge < -0.3 is 5.32 Å². The van der Waals surface area contributed by atoms with Crippen molar-refractivity contribution in [1.29, 1.82) is 0 Å². The second kappa shape index (κ2) is 5.56. The molecule has 0 aliphatic carbocycles. The largest absolute Gasteiger partial charge is 0.377 e. The topological polar surface area (TPSA) is 60.6 Å². The van der Waals surface area contributed by atoms with Crippen LogP contribution in [0.4, 0.5) is 5.69 Å². The van der Waals surface area contributed by atoms with Crippen LogP contribution in [0.3, 0.4) is 0 Å². The molecule has 0 amide bonds. The van der Waals surface area contributed by atoms with Crippen LogP contribution in [0.15, 0.2) is 48.9 Å². The van der Waals surface area contributed by atoms with Gasteiger partial charge in [-0.15, -0.1) is 5.10 Å². The van der Waals surface area contributed by atoms with Gasteiger partial charge in [-0.2, -0.15) is 5.10 Å². The third-order valence-corrected chi connectivity index (χ3v) is 2.94. The molecule has 1 aromatic carbocycles. The van der Waals surface area contributed by atoms with E-state index in [9.17, 15) is 0 Å². The van der Waals surface area contributed by atoms with Crippen LogP contribution in [-0.4, -0.2) is 24.8 Å². The van der Waals surface area contributed by atoms with Crippen molar-refractivity contribution in [2.45, 2.75) is 13.1 Å². The lowest BCUT2D eigenvalue weighted by atomic mass is 10.2. The fourth-order valence-corrected chi connectivity index (χ4v) is 1.98. The monoisotopic (exact) mass is 268 g/mol. The number of aromatic nitrogens is 5. The molecule has 0 bridgehead atoms. The van der Waals surface area contributed by atoms with Crippen LogP contribution >= 0.6 is 0 Å². The molecule has 0 spiro atoms.